The minimum Gasteiger partial charge on any atom is -0.258 e. The van der Waals surface area contributed by atoms with Crippen LogP contribution in [-0.4, -0.2) is 18.3 Å². The van der Waals surface area contributed by atoms with Crippen molar-refractivity contribution in [3.8, 4) is 0 Å². The highest BCUT2D eigenvalue weighted by Gasteiger charge is 2.21. The van der Waals surface area contributed by atoms with Gasteiger partial charge in [-0.05, 0) is 17.5 Å². The molecule has 0 saturated heterocycles. The molecule has 0 spiro atoms. The van der Waals surface area contributed by atoms with Crippen molar-refractivity contribution in [3.63, 3.8) is 0 Å². The summed E-state index contributed by atoms with van der Waals surface area (Å²) >= 11 is 1.07. The fourth-order valence-electron chi connectivity index (χ4n) is 1.16. The number of sulfone groups is 1. The van der Waals surface area contributed by atoms with Gasteiger partial charge in [-0.2, -0.15) is 0 Å². The van der Waals surface area contributed by atoms with Crippen molar-refractivity contribution in [2.24, 2.45) is 0 Å². The Balaban J connectivity index is 2.45. The molecule has 88 valence electrons. The van der Waals surface area contributed by atoms with Crippen LogP contribution in [0.3, 0.4) is 0 Å². The van der Waals surface area contributed by atoms with E-state index in [2.05, 4.69) is 4.98 Å². The first-order valence-corrected chi connectivity index (χ1v) is 6.77. The minimum atomic E-state index is -3.65. The number of nitrogens with zero attached hydrogens (tertiary/aromatic N) is 2. The summed E-state index contributed by atoms with van der Waals surface area (Å²) in [7, 11) is -3.65. The van der Waals surface area contributed by atoms with Gasteiger partial charge in [0.1, 0.15) is 10.4 Å². The summed E-state index contributed by atoms with van der Waals surface area (Å²) in [6.45, 7) is 0. The number of pyridine rings is 1. The summed E-state index contributed by atoms with van der Waals surface area (Å²) in [4.78, 5) is 13.4. The average molecular weight is 270 g/mol. The fourth-order valence-corrected chi connectivity index (χ4v) is 3.44. The van der Waals surface area contributed by atoms with Crippen LogP contribution < -0.4 is 0 Å². The molecule has 0 aromatic carbocycles. The van der Waals surface area contributed by atoms with Crippen LogP contribution in [0.15, 0.2) is 45.1 Å². The number of hydrogen-bond donors (Lipinski definition) is 0. The van der Waals surface area contributed by atoms with Gasteiger partial charge in [0, 0.05) is 6.07 Å². The Hall–Kier alpha value is -1.80. The summed E-state index contributed by atoms with van der Waals surface area (Å²) in [5.74, 6) is 0. The largest absolute Gasteiger partial charge is 0.287 e. The SMILES string of the molecule is O=[N+]([O-])c1ccc(S(=O)(=O)c2cccs2)nc1. The molecular weight excluding hydrogens is 264 g/mol. The number of nitro groups is 1. The maximum atomic E-state index is 12.0. The van der Waals surface area contributed by atoms with Crippen molar-refractivity contribution in [2.45, 2.75) is 9.24 Å². The molecule has 0 aliphatic rings. The lowest BCUT2D eigenvalue weighted by Gasteiger charge is -1.99. The first kappa shape index (κ1) is 11.7. The molecule has 0 aliphatic carbocycles. The van der Waals surface area contributed by atoms with Gasteiger partial charge in [-0.25, -0.2) is 13.4 Å². The zero-order valence-corrected chi connectivity index (χ0v) is 9.94. The van der Waals surface area contributed by atoms with Crippen LogP contribution in [0.2, 0.25) is 0 Å². The van der Waals surface area contributed by atoms with Gasteiger partial charge >= 0.3 is 0 Å². The number of aromatic nitrogens is 1. The van der Waals surface area contributed by atoms with Crippen LogP contribution in [0.25, 0.3) is 0 Å². The average Bonchev–Trinajstić information content (AvgIpc) is 2.83. The summed E-state index contributed by atoms with van der Waals surface area (Å²) in [6.07, 6.45) is 0.931. The smallest absolute Gasteiger partial charge is 0.258 e. The molecule has 0 radical (unpaired) electrons. The third-order valence-electron chi connectivity index (χ3n) is 1.97. The normalized spacial score (nSPS) is 11.3. The van der Waals surface area contributed by atoms with E-state index in [4.69, 9.17) is 0 Å². The lowest BCUT2D eigenvalue weighted by molar-refractivity contribution is -0.385. The zero-order chi connectivity index (χ0) is 12.5. The van der Waals surface area contributed by atoms with Crippen LogP contribution in [0, 0.1) is 10.1 Å². The third kappa shape index (κ3) is 2.17. The Morgan fingerprint density at radius 3 is 2.53 bits per heavy atom. The van der Waals surface area contributed by atoms with E-state index >= 15 is 0 Å². The van der Waals surface area contributed by atoms with Crippen molar-refractivity contribution in [3.05, 3.63) is 46.0 Å². The van der Waals surface area contributed by atoms with E-state index in [1.165, 1.54) is 6.07 Å². The molecule has 0 atom stereocenters. The lowest BCUT2D eigenvalue weighted by Crippen LogP contribution is -2.02. The topological polar surface area (TPSA) is 90.2 Å². The van der Waals surface area contributed by atoms with Gasteiger partial charge in [0.25, 0.3) is 5.69 Å². The van der Waals surface area contributed by atoms with Crippen molar-refractivity contribution >= 4 is 26.9 Å². The predicted octanol–water partition coefficient (Wildman–Crippen LogP) is 1.88. The molecule has 0 unspecified atom stereocenters. The minimum absolute atomic E-state index is 0.166. The van der Waals surface area contributed by atoms with Gasteiger partial charge in [0.2, 0.25) is 9.84 Å². The van der Waals surface area contributed by atoms with E-state index in [-0.39, 0.29) is 14.9 Å². The van der Waals surface area contributed by atoms with Crippen molar-refractivity contribution < 1.29 is 13.3 Å². The molecule has 17 heavy (non-hydrogen) atoms. The summed E-state index contributed by atoms with van der Waals surface area (Å²) in [6, 6.07) is 5.33. The van der Waals surface area contributed by atoms with E-state index in [1.807, 2.05) is 0 Å². The van der Waals surface area contributed by atoms with E-state index in [0.29, 0.717) is 0 Å². The second-order valence-corrected chi connectivity index (χ2v) is 6.12. The molecular formula is C9H6N2O4S2. The van der Waals surface area contributed by atoms with Gasteiger partial charge in [-0.15, -0.1) is 11.3 Å². The summed E-state index contributed by atoms with van der Waals surface area (Å²) < 4.78 is 24.1. The van der Waals surface area contributed by atoms with Crippen molar-refractivity contribution in [1.82, 2.24) is 4.98 Å². The number of thiophene rings is 1. The molecule has 2 rings (SSSR count). The van der Waals surface area contributed by atoms with Gasteiger partial charge in [0.15, 0.2) is 5.03 Å². The molecule has 2 heterocycles. The molecule has 0 saturated carbocycles. The van der Waals surface area contributed by atoms with Crippen molar-refractivity contribution in [1.29, 1.82) is 0 Å². The van der Waals surface area contributed by atoms with Gasteiger partial charge in [0.05, 0.1) is 4.92 Å². The molecule has 6 nitrogen and oxygen atoms in total. The number of rotatable bonds is 3. The maximum Gasteiger partial charge on any atom is 0.287 e. The van der Waals surface area contributed by atoms with E-state index in [1.54, 1.807) is 11.4 Å². The fraction of sp³-hybridized carbons (Fsp3) is 0. The molecule has 2 aromatic rings. The highest BCUT2D eigenvalue weighted by molar-refractivity contribution is 7.93. The van der Waals surface area contributed by atoms with Gasteiger partial charge < -0.3 is 0 Å². The third-order valence-corrected chi connectivity index (χ3v) is 5.03. The molecule has 0 N–H and O–H groups in total. The molecule has 0 aliphatic heterocycles. The second-order valence-electron chi connectivity index (χ2n) is 3.05. The lowest BCUT2D eigenvalue weighted by atomic mass is 10.4. The predicted molar refractivity (Wildman–Crippen MR) is 60.7 cm³/mol. The van der Waals surface area contributed by atoms with Crippen LogP contribution in [0.1, 0.15) is 0 Å². The Kier molecular flexibility index (Phi) is 2.90. The van der Waals surface area contributed by atoms with Crippen LogP contribution >= 0.6 is 11.3 Å². The van der Waals surface area contributed by atoms with Gasteiger partial charge in [-0.1, -0.05) is 6.07 Å². The Morgan fingerprint density at radius 1 is 1.29 bits per heavy atom. The van der Waals surface area contributed by atoms with Crippen LogP contribution in [0.4, 0.5) is 5.69 Å². The van der Waals surface area contributed by atoms with Crippen LogP contribution in [-0.2, 0) is 9.84 Å². The Bertz CT molecular complexity index is 632. The van der Waals surface area contributed by atoms with E-state index in [0.717, 1.165) is 29.7 Å². The molecule has 0 amide bonds. The summed E-state index contributed by atoms with van der Waals surface area (Å²) in [5, 5.41) is 11.9. The summed E-state index contributed by atoms with van der Waals surface area (Å²) in [5.41, 5.74) is -0.241. The molecule has 2 aromatic heterocycles. The quantitative estimate of drug-likeness (QED) is 0.627. The van der Waals surface area contributed by atoms with Gasteiger partial charge in [-0.3, -0.25) is 10.1 Å². The highest BCUT2D eigenvalue weighted by Crippen LogP contribution is 2.24. The standard InChI is InChI=1S/C9H6N2O4S2/c12-11(13)7-3-4-8(10-6-7)17(14,15)9-2-1-5-16-9/h1-6H. The number of hydrogen-bond acceptors (Lipinski definition) is 6. The Labute approximate surface area is 101 Å². The van der Waals surface area contributed by atoms with Crippen LogP contribution in [0.5, 0.6) is 0 Å². The zero-order valence-electron chi connectivity index (χ0n) is 8.31. The van der Waals surface area contributed by atoms with E-state index in [9.17, 15) is 18.5 Å². The molecule has 8 heteroatoms. The molecule has 0 bridgehead atoms. The monoisotopic (exact) mass is 270 g/mol. The first-order valence-electron chi connectivity index (χ1n) is 4.41. The van der Waals surface area contributed by atoms with Crippen molar-refractivity contribution in [2.75, 3.05) is 0 Å². The maximum absolute atomic E-state index is 12.0. The molecule has 0 fully saturated rings. The Morgan fingerprint density at radius 2 is 2.06 bits per heavy atom. The highest BCUT2D eigenvalue weighted by atomic mass is 32.2. The second kappa shape index (κ2) is 4.22. The first-order chi connectivity index (χ1) is 8.01. The van der Waals surface area contributed by atoms with E-state index < -0.39 is 14.8 Å².